The van der Waals surface area contributed by atoms with Crippen LogP contribution in [0.2, 0.25) is 0 Å². The molecule has 3 amide bonds. The summed E-state index contributed by atoms with van der Waals surface area (Å²) in [6, 6.07) is 18.1. The Hall–Kier alpha value is -4.54. The van der Waals surface area contributed by atoms with Crippen LogP contribution in [0.3, 0.4) is 0 Å². The number of piperidine rings is 1. The van der Waals surface area contributed by atoms with Gasteiger partial charge in [0.15, 0.2) is 0 Å². The summed E-state index contributed by atoms with van der Waals surface area (Å²) >= 11 is 0. The summed E-state index contributed by atoms with van der Waals surface area (Å²) in [7, 11) is 3.03. The topological polar surface area (TPSA) is 109 Å². The predicted molar refractivity (Wildman–Crippen MR) is 164 cm³/mol. The minimum absolute atomic E-state index is 0.148. The molecule has 0 bridgehead atoms. The summed E-state index contributed by atoms with van der Waals surface area (Å²) in [6.45, 7) is 5.34. The number of methoxy groups -OCH3 is 1. The number of fused-ring (bicyclic) bond motifs is 1. The van der Waals surface area contributed by atoms with Crippen molar-refractivity contribution >= 4 is 45.9 Å². The van der Waals surface area contributed by atoms with Crippen molar-refractivity contribution in [3.05, 3.63) is 84.2 Å². The second-order valence-corrected chi connectivity index (χ2v) is 10.3. The third-order valence-electron chi connectivity index (χ3n) is 7.80. The zero-order valence-corrected chi connectivity index (χ0v) is 24.2. The Morgan fingerprint density at radius 3 is 2.43 bits per heavy atom. The Balaban J connectivity index is 1.35. The molecule has 0 radical (unpaired) electrons. The molecule has 2 aromatic carbocycles. The lowest BCUT2D eigenvalue weighted by Crippen LogP contribution is -2.32. The van der Waals surface area contributed by atoms with Crippen LogP contribution >= 0.6 is 0 Å². The molecule has 0 aliphatic carbocycles. The number of aromatic nitrogens is 2. The lowest BCUT2D eigenvalue weighted by Gasteiger charge is -2.31. The fourth-order valence-corrected chi connectivity index (χ4v) is 5.50. The van der Waals surface area contributed by atoms with Crippen molar-refractivity contribution in [2.45, 2.75) is 25.7 Å². The number of rotatable bonds is 8. The number of amides is 3. The third kappa shape index (κ3) is 6.19. The summed E-state index contributed by atoms with van der Waals surface area (Å²) in [6.07, 6.45) is 5.48. The molecule has 218 valence electrons. The predicted octanol–water partition coefficient (Wildman–Crippen LogP) is 4.99. The molecular formula is C32H36N6O4. The number of carbonyl (C=O) groups excluding carboxylic acids is 3. The lowest BCUT2D eigenvalue weighted by atomic mass is 9.89. The molecule has 2 aromatic heterocycles. The van der Waals surface area contributed by atoms with Gasteiger partial charge in [-0.2, -0.15) is 0 Å². The summed E-state index contributed by atoms with van der Waals surface area (Å²) < 4.78 is 6.65. The van der Waals surface area contributed by atoms with Gasteiger partial charge in [0.05, 0.1) is 11.2 Å². The number of carbonyl (C=O) groups is 3. The summed E-state index contributed by atoms with van der Waals surface area (Å²) in [5.74, 6) is 0.251. The molecule has 5 rings (SSSR count). The van der Waals surface area contributed by atoms with Crippen molar-refractivity contribution in [1.82, 2.24) is 19.8 Å². The van der Waals surface area contributed by atoms with E-state index in [1.165, 1.54) is 22.1 Å². The minimum Gasteiger partial charge on any atom is -0.375 e. The number of nitrogens with one attached hydrogen (secondary N) is 2. The monoisotopic (exact) mass is 568 g/mol. The average Bonchev–Trinajstić information content (AvgIpc) is 3.45. The number of benzene rings is 2. The van der Waals surface area contributed by atoms with Gasteiger partial charge < -0.3 is 20.3 Å². The smallest absolute Gasteiger partial charge is 0.325 e. The molecule has 1 saturated heterocycles. The van der Waals surface area contributed by atoms with Gasteiger partial charge in [0.25, 0.3) is 11.8 Å². The zero-order chi connectivity index (χ0) is 29.6. The molecular weight excluding hydrogens is 532 g/mol. The Kier molecular flexibility index (Phi) is 8.94. The molecule has 0 atom stereocenters. The molecule has 4 aromatic rings. The Morgan fingerprint density at radius 1 is 1.00 bits per heavy atom. The largest absolute Gasteiger partial charge is 0.375 e. The van der Waals surface area contributed by atoms with E-state index in [4.69, 9.17) is 4.74 Å². The number of ether oxygens (including phenoxy) is 1. The molecule has 3 heterocycles. The highest BCUT2D eigenvalue weighted by Gasteiger charge is 2.22. The second-order valence-electron chi connectivity index (χ2n) is 10.3. The summed E-state index contributed by atoms with van der Waals surface area (Å²) in [5, 5.41) is 6.26. The fraction of sp³-hybridized carbons (Fsp3) is 0.312. The van der Waals surface area contributed by atoms with Crippen molar-refractivity contribution < 1.29 is 19.1 Å². The molecule has 0 unspecified atom stereocenters. The molecule has 10 nitrogen and oxygen atoms in total. The number of hydrogen-bond acceptors (Lipinski definition) is 6. The van der Waals surface area contributed by atoms with Crippen molar-refractivity contribution in [2.24, 2.45) is 0 Å². The summed E-state index contributed by atoms with van der Waals surface area (Å²) in [4.78, 5) is 46.8. The maximum atomic E-state index is 13.2. The van der Waals surface area contributed by atoms with Gasteiger partial charge in [-0.3, -0.25) is 19.1 Å². The van der Waals surface area contributed by atoms with Crippen LogP contribution in [0.4, 0.5) is 22.0 Å². The van der Waals surface area contributed by atoms with E-state index in [2.05, 4.69) is 27.4 Å². The van der Waals surface area contributed by atoms with Crippen molar-refractivity contribution in [1.29, 1.82) is 0 Å². The van der Waals surface area contributed by atoms with Gasteiger partial charge in [0, 0.05) is 49.3 Å². The van der Waals surface area contributed by atoms with Crippen LogP contribution in [0.25, 0.3) is 10.9 Å². The standard InChI is InChI=1S/C32H36N6O4/c1-4-36-16-12-23(13-17-36)22-5-7-24(8-6-22)31(40)35-29-20-27(11-15-34-29)38(30(39)21-42-3)26-9-10-28-25(19-26)14-18-37(28)32(41)33-2/h5-11,14-15,18-20,23H,4,12-13,16-17,21H2,1-3H3,(H,33,41)(H,34,35,40). The first-order valence-corrected chi connectivity index (χ1v) is 14.2. The van der Waals surface area contributed by atoms with Gasteiger partial charge in [-0.05, 0) is 86.4 Å². The molecule has 42 heavy (non-hydrogen) atoms. The first-order valence-electron chi connectivity index (χ1n) is 14.2. The van der Waals surface area contributed by atoms with E-state index >= 15 is 0 Å². The van der Waals surface area contributed by atoms with E-state index < -0.39 is 0 Å². The molecule has 0 spiro atoms. The van der Waals surface area contributed by atoms with E-state index in [1.54, 1.807) is 43.7 Å². The molecule has 0 saturated carbocycles. The fourth-order valence-electron chi connectivity index (χ4n) is 5.50. The van der Waals surface area contributed by atoms with Crippen LogP contribution < -0.4 is 15.5 Å². The molecule has 2 N–H and O–H groups in total. The van der Waals surface area contributed by atoms with E-state index in [0.717, 1.165) is 37.9 Å². The zero-order valence-electron chi connectivity index (χ0n) is 24.2. The first kappa shape index (κ1) is 29.0. The number of hydrogen-bond donors (Lipinski definition) is 2. The number of anilines is 3. The van der Waals surface area contributed by atoms with E-state index in [1.807, 2.05) is 36.4 Å². The highest BCUT2D eigenvalue weighted by Crippen LogP contribution is 2.31. The summed E-state index contributed by atoms with van der Waals surface area (Å²) in [5.41, 5.74) is 3.61. The maximum absolute atomic E-state index is 13.2. The van der Waals surface area contributed by atoms with Crippen LogP contribution in [-0.2, 0) is 9.53 Å². The highest BCUT2D eigenvalue weighted by atomic mass is 16.5. The Bertz CT molecular complexity index is 1570. The van der Waals surface area contributed by atoms with E-state index in [0.29, 0.717) is 34.2 Å². The van der Waals surface area contributed by atoms with Gasteiger partial charge in [0.2, 0.25) is 0 Å². The van der Waals surface area contributed by atoms with Crippen LogP contribution in [0, 0.1) is 0 Å². The normalized spacial score (nSPS) is 14.1. The Labute approximate surface area is 245 Å². The second kappa shape index (κ2) is 13.0. The highest BCUT2D eigenvalue weighted by molar-refractivity contribution is 6.06. The minimum atomic E-state index is -0.300. The van der Waals surface area contributed by atoms with Crippen molar-refractivity contribution in [3.8, 4) is 0 Å². The lowest BCUT2D eigenvalue weighted by molar-refractivity contribution is -0.121. The van der Waals surface area contributed by atoms with Gasteiger partial charge in [0.1, 0.15) is 12.4 Å². The number of pyridine rings is 1. The van der Waals surface area contributed by atoms with Gasteiger partial charge in [-0.25, -0.2) is 9.78 Å². The van der Waals surface area contributed by atoms with Gasteiger partial charge >= 0.3 is 6.03 Å². The Morgan fingerprint density at radius 2 is 1.74 bits per heavy atom. The van der Waals surface area contributed by atoms with Crippen LogP contribution in [0.15, 0.2) is 73.1 Å². The first-order chi connectivity index (χ1) is 20.4. The van der Waals surface area contributed by atoms with Crippen molar-refractivity contribution in [2.75, 3.05) is 50.6 Å². The molecule has 10 heteroatoms. The van der Waals surface area contributed by atoms with Crippen LogP contribution in [-0.4, -0.2) is 72.7 Å². The molecule has 1 fully saturated rings. The van der Waals surface area contributed by atoms with E-state index in [-0.39, 0.29) is 24.5 Å². The molecule has 1 aliphatic heterocycles. The van der Waals surface area contributed by atoms with Gasteiger partial charge in [-0.15, -0.1) is 0 Å². The SMILES string of the molecule is CCN1CCC(c2ccc(C(=O)Nc3cc(N(C(=O)COC)c4ccc5c(ccn5C(=O)NC)c4)ccn3)cc2)CC1. The average molecular weight is 569 g/mol. The number of likely N-dealkylation sites (tertiary alicyclic amines) is 1. The maximum Gasteiger partial charge on any atom is 0.325 e. The van der Waals surface area contributed by atoms with Crippen LogP contribution in [0.5, 0.6) is 0 Å². The van der Waals surface area contributed by atoms with Crippen LogP contribution in [0.1, 0.15) is 41.6 Å². The van der Waals surface area contributed by atoms with E-state index in [9.17, 15) is 14.4 Å². The van der Waals surface area contributed by atoms with Crippen molar-refractivity contribution in [3.63, 3.8) is 0 Å². The quantitative estimate of drug-likeness (QED) is 0.310. The molecule has 1 aliphatic rings. The number of nitrogens with zero attached hydrogens (tertiary/aromatic N) is 4. The third-order valence-corrected chi connectivity index (χ3v) is 7.80. The van der Waals surface area contributed by atoms with Gasteiger partial charge in [-0.1, -0.05) is 19.1 Å².